The minimum Gasteiger partial charge on any atom is -0.457 e. The number of hydrogen-bond donors (Lipinski definition) is 0. The van der Waals surface area contributed by atoms with Crippen molar-refractivity contribution in [1.29, 1.82) is 0 Å². The third kappa shape index (κ3) is 5.36. The Labute approximate surface area is 271 Å². The average Bonchev–Trinajstić information content (AvgIpc) is 3.67. The van der Waals surface area contributed by atoms with Gasteiger partial charge in [0.1, 0.15) is 17.3 Å². The molecule has 3 aromatic heterocycles. The van der Waals surface area contributed by atoms with Gasteiger partial charge in [0.05, 0.1) is 22.9 Å². The molecule has 3 heterocycles. The molecular weight excluding hydrogens is 564 g/mol. The van der Waals surface area contributed by atoms with Gasteiger partial charge >= 0.3 is 0 Å². The molecule has 7 aromatic rings. The highest BCUT2D eigenvalue weighted by atomic mass is 16.5. The second kappa shape index (κ2) is 12.0. The first kappa shape index (κ1) is 29.5. The van der Waals surface area contributed by atoms with Crippen LogP contribution in [0.1, 0.15) is 68.7 Å². The van der Waals surface area contributed by atoms with Crippen molar-refractivity contribution in [2.24, 2.45) is 0 Å². The smallest absolute Gasteiger partial charge is 0.137 e. The van der Waals surface area contributed by atoms with Crippen molar-refractivity contribution in [3.8, 4) is 34.1 Å². The van der Waals surface area contributed by atoms with Crippen molar-refractivity contribution >= 4 is 21.8 Å². The molecule has 0 saturated carbocycles. The molecule has 0 radical (unpaired) electrons. The SMILES string of the molecule is CCc1ccnc(-n2c3ccccc3c3ccc(Oc4cc(C)cc(-n5cc(-c6c(C(C)C)cccc6C(C)C)cn5)c4)cc32)c1. The Morgan fingerprint density at radius 1 is 0.739 bits per heavy atom. The Morgan fingerprint density at radius 2 is 1.50 bits per heavy atom. The number of nitrogens with zero attached hydrogens (tertiary/aromatic N) is 4. The summed E-state index contributed by atoms with van der Waals surface area (Å²) >= 11 is 0. The number of benzene rings is 4. The molecule has 5 heteroatoms. The lowest BCUT2D eigenvalue weighted by Crippen LogP contribution is -1.99. The molecular formula is C41H40N4O. The summed E-state index contributed by atoms with van der Waals surface area (Å²) in [6.07, 6.45) is 6.99. The van der Waals surface area contributed by atoms with Gasteiger partial charge in [0.2, 0.25) is 0 Å². The fourth-order valence-electron chi connectivity index (χ4n) is 6.60. The number of pyridine rings is 1. The van der Waals surface area contributed by atoms with Gasteiger partial charge in [-0.3, -0.25) is 4.57 Å². The molecule has 46 heavy (non-hydrogen) atoms. The summed E-state index contributed by atoms with van der Waals surface area (Å²) in [6, 6.07) is 32.0. The number of aryl methyl sites for hydroxylation is 2. The third-order valence-corrected chi connectivity index (χ3v) is 8.87. The molecule has 0 fully saturated rings. The molecule has 0 bridgehead atoms. The van der Waals surface area contributed by atoms with Crippen LogP contribution in [0.15, 0.2) is 110 Å². The van der Waals surface area contributed by atoms with Crippen molar-refractivity contribution in [1.82, 2.24) is 19.3 Å². The normalized spacial score (nSPS) is 11.7. The predicted molar refractivity (Wildman–Crippen MR) is 190 cm³/mol. The van der Waals surface area contributed by atoms with Crippen LogP contribution in [-0.4, -0.2) is 19.3 Å². The number of ether oxygens (including phenoxy) is 1. The quantitative estimate of drug-likeness (QED) is 0.173. The number of aromatic nitrogens is 4. The van der Waals surface area contributed by atoms with Crippen LogP contribution in [0.25, 0.3) is 44.4 Å². The van der Waals surface area contributed by atoms with Gasteiger partial charge < -0.3 is 4.74 Å². The second-order valence-corrected chi connectivity index (χ2v) is 12.8. The van der Waals surface area contributed by atoms with Gasteiger partial charge in [0.25, 0.3) is 0 Å². The molecule has 0 amide bonds. The molecule has 5 nitrogen and oxygen atoms in total. The average molecular weight is 605 g/mol. The van der Waals surface area contributed by atoms with Gasteiger partial charge in [-0.25, -0.2) is 9.67 Å². The number of hydrogen-bond acceptors (Lipinski definition) is 3. The highest BCUT2D eigenvalue weighted by molar-refractivity contribution is 6.09. The first-order chi connectivity index (χ1) is 22.3. The number of para-hydroxylation sites is 1. The van der Waals surface area contributed by atoms with Crippen molar-refractivity contribution in [2.75, 3.05) is 0 Å². The van der Waals surface area contributed by atoms with Crippen molar-refractivity contribution in [2.45, 2.75) is 59.8 Å². The van der Waals surface area contributed by atoms with Crippen LogP contribution in [0.5, 0.6) is 11.5 Å². The summed E-state index contributed by atoms with van der Waals surface area (Å²) < 4.78 is 10.8. The maximum absolute atomic E-state index is 6.58. The van der Waals surface area contributed by atoms with Crippen LogP contribution in [0.3, 0.4) is 0 Å². The van der Waals surface area contributed by atoms with Gasteiger partial charge in [-0.1, -0.05) is 71.0 Å². The predicted octanol–water partition coefficient (Wildman–Crippen LogP) is 10.9. The van der Waals surface area contributed by atoms with Crippen LogP contribution in [0, 0.1) is 6.92 Å². The first-order valence-electron chi connectivity index (χ1n) is 16.3. The molecule has 0 atom stereocenters. The Morgan fingerprint density at radius 3 is 2.26 bits per heavy atom. The van der Waals surface area contributed by atoms with E-state index in [1.54, 1.807) is 0 Å². The minimum atomic E-state index is 0.415. The first-order valence-corrected chi connectivity index (χ1v) is 16.3. The Kier molecular flexibility index (Phi) is 7.69. The van der Waals surface area contributed by atoms with Gasteiger partial charge in [0, 0.05) is 40.9 Å². The highest BCUT2D eigenvalue weighted by Crippen LogP contribution is 2.38. The summed E-state index contributed by atoms with van der Waals surface area (Å²) in [5.74, 6) is 3.28. The zero-order chi connectivity index (χ0) is 31.9. The number of rotatable bonds is 8. The summed E-state index contributed by atoms with van der Waals surface area (Å²) in [5.41, 5.74) is 10.6. The van der Waals surface area contributed by atoms with E-state index in [-0.39, 0.29) is 0 Å². The van der Waals surface area contributed by atoms with Gasteiger partial charge in [0.15, 0.2) is 0 Å². The fourth-order valence-corrected chi connectivity index (χ4v) is 6.60. The summed E-state index contributed by atoms with van der Waals surface area (Å²) in [4.78, 5) is 4.77. The highest BCUT2D eigenvalue weighted by Gasteiger charge is 2.18. The van der Waals surface area contributed by atoms with Gasteiger partial charge in [-0.05, 0) is 95.5 Å². The van der Waals surface area contributed by atoms with Gasteiger partial charge in [-0.15, -0.1) is 0 Å². The molecule has 0 aliphatic rings. The lowest BCUT2D eigenvalue weighted by Gasteiger charge is -2.18. The summed E-state index contributed by atoms with van der Waals surface area (Å²) in [6.45, 7) is 13.3. The van der Waals surface area contributed by atoms with E-state index in [0.717, 1.165) is 51.6 Å². The van der Waals surface area contributed by atoms with Crippen molar-refractivity contribution in [3.63, 3.8) is 0 Å². The zero-order valence-corrected chi connectivity index (χ0v) is 27.5. The maximum Gasteiger partial charge on any atom is 0.137 e. The lowest BCUT2D eigenvalue weighted by atomic mass is 9.86. The number of fused-ring (bicyclic) bond motifs is 3. The third-order valence-electron chi connectivity index (χ3n) is 8.87. The molecule has 0 spiro atoms. The topological polar surface area (TPSA) is 44.9 Å². The molecule has 0 aliphatic carbocycles. The van der Waals surface area contributed by atoms with E-state index in [0.29, 0.717) is 11.8 Å². The Bertz CT molecular complexity index is 2170. The molecule has 230 valence electrons. The Hall–Kier alpha value is -5.16. The van der Waals surface area contributed by atoms with Crippen LogP contribution in [0.4, 0.5) is 0 Å². The van der Waals surface area contributed by atoms with Gasteiger partial charge in [-0.2, -0.15) is 5.10 Å². The standard InChI is InChI=1S/C41H40N4O/c1-7-29-17-18-42-40(21-29)45-38-14-9-8-11-36(38)37-16-15-32(23-39(37)45)46-33-20-28(6)19-31(22-33)44-25-30(24-43-44)41-34(26(2)3)12-10-13-35(41)27(4)5/h8-27H,7H2,1-6H3. The van der Waals surface area contributed by atoms with E-state index in [2.05, 4.69) is 143 Å². The summed E-state index contributed by atoms with van der Waals surface area (Å²) in [5, 5.41) is 7.19. The Balaban J connectivity index is 1.27. The molecule has 0 N–H and O–H groups in total. The van der Waals surface area contributed by atoms with E-state index in [1.807, 2.05) is 17.1 Å². The summed E-state index contributed by atoms with van der Waals surface area (Å²) in [7, 11) is 0. The molecule has 7 rings (SSSR count). The molecule has 0 saturated heterocycles. The molecule has 0 unspecified atom stereocenters. The van der Waals surface area contributed by atoms with E-state index in [4.69, 9.17) is 14.8 Å². The van der Waals surface area contributed by atoms with E-state index in [9.17, 15) is 0 Å². The fraction of sp³-hybridized carbons (Fsp3) is 0.220. The maximum atomic E-state index is 6.58. The van der Waals surface area contributed by atoms with Crippen LogP contribution in [0.2, 0.25) is 0 Å². The minimum absolute atomic E-state index is 0.415. The van der Waals surface area contributed by atoms with E-state index in [1.165, 1.54) is 33.0 Å². The van der Waals surface area contributed by atoms with Crippen molar-refractivity contribution < 1.29 is 4.74 Å². The monoisotopic (exact) mass is 604 g/mol. The molecule has 0 aliphatic heterocycles. The van der Waals surface area contributed by atoms with E-state index < -0.39 is 0 Å². The molecule has 4 aromatic carbocycles. The largest absolute Gasteiger partial charge is 0.457 e. The van der Waals surface area contributed by atoms with Crippen molar-refractivity contribution in [3.05, 3.63) is 132 Å². The van der Waals surface area contributed by atoms with Crippen LogP contribution in [-0.2, 0) is 6.42 Å². The zero-order valence-electron chi connectivity index (χ0n) is 27.5. The van der Waals surface area contributed by atoms with Crippen LogP contribution < -0.4 is 4.74 Å². The second-order valence-electron chi connectivity index (χ2n) is 12.8. The van der Waals surface area contributed by atoms with Crippen LogP contribution >= 0.6 is 0 Å². The lowest BCUT2D eigenvalue weighted by molar-refractivity contribution is 0.482. The van der Waals surface area contributed by atoms with E-state index >= 15 is 0 Å².